The molecule has 0 radical (unpaired) electrons. The number of amides is 1. The molecule has 27 heavy (non-hydrogen) atoms. The zero-order valence-electron chi connectivity index (χ0n) is 16.9. The topological polar surface area (TPSA) is 38.3 Å². The fraction of sp³-hybridized carbons (Fsp3) is 0.696. The van der Waals surface area contributed by atoms with E-state index in [1.54, 1.807) is 6.07 Å². The summed E-state index contributed by atoms with van der Waals surface area (Å²) in [7, 11) is 0. The van der Waals surface area contributed by atoms with Gasteiger partial charge in [-0.15, -0.1) is 0 Å². The minimum absolute atomic E-state index is 0.104. The van der Waals surface area contributed by atoms with Gasteiger partial charge in [-0.1, -0.05) is 26.7 Å². The van der Waals surface area contributed by atoms with Crippen LogP contribution in [0.3, 0.4) is 0 Å². The Bertz CT molecular complexity index is 627. The Kier molecular flexibility index (Phi) is 6.78. The van der Waals surface area contributed by atoms with E-state index in [0.29, 0.717) is 17.8 Å². The van der Waals surface area contributed by atoms with Gasteiger partial charge in [-0.2, -0.15) is 0 Å². The Hall–Kier alpha value is -1.58. The molecule has 0 unspecified atom stereocenters. The molecule has 0 heterocycles. The van der Waals surface area contributed by atoms with Crippen LogP contribution in [0.2, 0.25) is 0 Å². The summed E-state index contributed by atoms with van der Waals surface area (Å²) in [6, 6.07) is 4.78. The van der Waals surface area contributed by atoms with Crippen molar-refractivity contribution < 1.29 is 13.9 Å². The second-order valence-electron chi connectivity index (χ2n) is 8.65. The van der Waals surface area contributed by atoms with Crippen molar-refractivity contribution in [3.63, 3.8) is 0 Å². The third-order valence-electron chi connectivity index (χ3n) is 6.13. The highest BCUT2D eigenvalue weighted by Crippen LogP contribution is 2.53. The molecule has 3 nitrogen and oxygen atoms in total. The van der Waals surface area contributed by atoms with Crippen LogP contribution >= 0.6 is 0 Å². The molecule has 1 N–H and O–H groups in total. The lowest BCUT2D eigenvalue weighted by atomic mass is 9.57. The zero-order chi connectivity index (χ0) is 19.3. The Balaban J connectivity index is 1.37. The van der Waals surface area contributed by atoms with Gasteiger partial charge in [-0.3, -0.25) is 4.79 Å². The van der Waals surface area contributed by atoms with Gasteiger partial charge in [0, 0.05) is 12.1 Å². The molecule has 0 saturated heterocycles. The highest BCUT2D eigenvalue weighted by molar-refractivity contribution is 5.95. The standard InChI is InChI=1S/C23H34FNO2/c1-3-11-23(12-4-2)15-17(16-23)6-5-13-27-19-9-10-20(21(24)14-19)22(26)25-18-7-8-18/h9-10,14,17-18H,3-8,11-13,15-16H2,1-2H3,(H,25,26). The molecule has 0 atom stereocenters. The molecule has 1 aromatic rings. The normalized spacial score (nSPS) is 18.8. The third kappa shape index (κ3) is 5.46. The molecule has 1 aromatic carbocycles. The summed E-state index contributed by atoms with van der Waals surface area (Å²) in [5.74, 6) is 0.509. The number of carbonyl (C=O) groups is 1. The predicted molar refractivity (Wildman–Crippen MR) is 107 cm³/mol. The van der Waals surface area contributed by atoms with Gasteiger partial charge < -0.3 is 10.1 Å². The van der Waals surface area contributed by atoms with Crippen LogP contribution in [0, 0.1) is 17.2 Å². The molecule has 0 bridgehead atoms. The van der Waals surface area contributed by atoms with Crippen LogP contribution in [0.15, 0.2) is 18.2 Å². The maximum absolute atomic E-state index is 14.2. The summed E-state index contributed by atoms with van der Waals surface area (Å²) in [6.45, 7) is 5.19. The lowest BCUT2D eigenvalue weighted by Crippen LogP contribution is -2.37. The number of ether oxygens (including phenoxy) is 1. The monoisotopic (exact) mass is 375 g/mol. The van der Waals surface area contributed by atoms with Gasteiger partial charge in [0.2, 0.25) is 0 Å². The number of benzene rings is 1. The van der Waals surface area contributed by atoms with Crippen molar-refractivity contribution in [3.05, 3.63) is 29.6 Å². The van der Waals surface area contributed by atoms with Crippen molar-refractivity contribution in [3.8, 4) is 5.75 Å². The second-order valence-corrected chi connectivity index (χ2v) is 8.65. The molecular formula is C23H34FNO2. The molecule has 0 spiro atoms. The van der Waals surface area contributed by atoms with Crippen LogP contribution in [0.4, 0.5) is 4.39 Å². The smallest absolute Gasteiger partial charge is 0.254 e. The quantitative estimate of drug-likeness (QED) is 0.491. The summed E-state index contributed by atoms with van der Waals surface area (Å²) in [6.07, 6.45) is 12.2. The Morgan fingerprint density at radius 3 is 2.52 bits per heavy atom. The van der Waals surface area contributed by atoms with Crippen LogP contribution in [0.1, 0.15) is 88.4 Å². The second kappa shape index (κ2) is 9.07. The maximum atomic E-state index is 14.2. The highest BCUT2D eigenvalue weighted by Gasteiger charge is 2.41. The first-order valence-electron chi connectivity index (χ1n) is 10.8. The molecule has 2 aliphatic carbocycles. The summed E-state index contributed by atoms with van der Waals surface area (Å²) in [5.41, 5.74) is 0.724. The molecule has 150 valence electrons. The largest absolute Gasteiger partial charge is 0.493 e. The van der Waals surface area contributed by atoms with Crippen molar-refractivity contribution in [1.29, 1.82) is 0 Å². The van der Waals surface area contributed by atoms with Gasteiger partial charge in [-0.05, 0) is 74.8 Å². The molecular weight excluding hydrogens is 341 g/mol. The zero-order valence-corrected chi connectivity index (χ0v) is 16.9. The summed E-state index contributed by atoms with van der Waals surface area (Å²) >= 11 is 0. The van der Waals surface area contributed by atoms with E-state index < -0.39 is 5.82 Å². The lowest BCUT2D eigenvalue weighted by molar-refractivity contribution is 0.0259. The van der Waals surface area contributed by atoms with Gasteiger partial charge in [0.15, 0.2) is 0 Å². The van der Waals surface area contributed by atoms with Crippen molar-refractivity contribution in [1.82, 2.24) is 5.32 Å². The molecule has 2 saturated carbocycles. The average molecular weight is 376 g/mol. The van der Waals surface area contributed by atoms with Gasteiger partial charge in [0.25, 0.3) is 5.91 Å². The number of hydrogen-bond donors (Lipinski definition) is 1. The molecule has 0 aromatic heterocycles. The van der Waals surface area contributed by atoms with E-state index in [4.69, 9.17) is 4.74 Å². The van der Waals surface area contributed by atoms with Gasteiger partial charge in [-0.25, -0.2) is 4.39 Å². The van der Waals surface area contributed by atoms with E-state index in [1.807, 2.05) is 0 Å². The minimum atomic E-state index is -0.506. The maximum Gasteiger partial charge on any atom is 0.254 e. The predicted octanol–water partition coefficient (Wildman–Crippen LogP) is 5.87. The first-order valence-corrected chi connectivity index (χ1v) is 10.8. The molecule has 4 heteroatoms. The highest BCUT2D eigenvalue weighted by atomic mass is 19.1. The van der Waals surface area contributed by atoms with Gasteiger partial charge in [0.05, 0.1) is 12.2 Å². The molecule has 3 rings (SSSR count). The Morgan fingerprint density at radius 1 is 1.22 bits per heavy atom. The Morgan fingerprint density at radius 2 is 1.93 bits per heavy atom. The van der Waals surface area contributed by atoms with E-state index in [9.17, 15) is 9.18 Å². The van der Waals surface area contributed by atoms with E-state index in [2.05, 4.69) is 19.2 Å². The van der Waals surface area contributed by atoms with Crippen LogP contribution in [0.25, 0.3) is 0 Å². The van der Waals surface area contributed by atoms with E-state index >= 15 is 0 Å². The van der Waals surface area contributed by atoms with Gasteiger partial charge >= 0.3 is 0 Å². The first kappa shape index (κ1) is 20.2. The fourth-order valence-electron chi connectivity index (χ4n) is 4.79. The lowest BCUT2D eigenvalue weighted by Gasteiger charge is -2.48. The molecule has 2 aliphatic rings. The summed E-state index contributed by atoms with van der Waals surface area (Å²) < 4.78 is 19.9. The number of halogens is 1. The number of hydrogen-bond acceptors (Lipinski definition) is 2. The van der Waals surface area contributed by atoms with Crippen molar-refractivity contribution in [2.75, 3.05) is 6.61 Å². The van der Waals surface area contributed by atoms with Crippen LogP contribution in [0.5, 0.6) is 5.75 Å². The van der Waals surface area contributed by atoms with Crippen LogP contribution in [-0.4, -0.2) is 18.6 Å². The van der Waals surface area contributed by atoms with E-state index in [-0.39, 0.29) is 17.5 Å². The summed E-state index contributed by atoms with van der Waals surface area (Å²) in [5, 5.41) is 2.81. The first-order chi connectivity index (χ1) is 13.0. The number of carbonyl (C=O) groups excluding carboxylic acids is 1. The average Bonchev–Trinajstić information content (AvgIpc) is 3.41. The van der Waals surface area contributed by atoms with Crippen molar-refractivity contribution >= 4 is 5.91 Å². The number of rotatable bonds is 11. The van der Waals surface area contributed by atoms with E-state index in [1.165, 1.54) is 57.1 Å². The van der Waals surface area contributed by atoms with E-state index in [0.717, 1.165) is 25.2 Å². The molecule has 0 aliphatic heterocycles. The SMILES string of the molecule is CCCC1(CCC)CC(CCCOc2ccc(C(=O)NC3CC3)c(F)c2)C1. The third-order valence-corrected chi connectivity index (χ3v) is 6.13. The molecule has 2 fully saturated rings. The van der Waals surface area contributed by atoms with Crippen LogP contribution < -0.4 is 10.1 Å². The molecule has 1 amide bonds. The van der Waals surface area contributed by atoms with Crippen molar-refractivity contribution in [2.24, 2.45) is 11.3 Å². The fourth-order valence-corrected chi connectivity index (χ4v) is 4.79. The van der Waals surface area contributed by atoms with Crippen molar-refractivity contribution in [2.45, 2.75) is 84.1 Å². The summed E-state index contributed by atoms with van der Waals surface area (Å²) in [4.78, 5) is 12.0. The number of nitrogens with one attached hydrogen (secondary N) is 1. The van der Waals surface area contributed by atoms with Crippen LogP contribution in [-0.2, 0) is 0 Å². The minimum Gasteiger partial charge on any atom is -0.493 e. The van der Waals surface area contributed by atoms with Gasteiger partial charge in [0.1, 0.15) is 11.6 Å². The Labute approximate surface area is 163 Å².